The highest BCUT2D eigenvalue weighted by atomic mass is 19.1. The van der Waals surface area contributed by atoms with Gasteiger partial charge in [-0.1, -0.05) is 6.07 Å². The number of alkyl carbamates (subject to hydrolysis) is 1. The summed E-state index contributed by atoms with van der Waals surface area (Å²) in [6, 6.07) is 2.65. The summed E-state index contributed by atoms with van der Waals surface area (Å²) in [5.74, 6) is -0.934. The van der Waals surface area contributed by atoms with Gasteiger partial charge in [0.15, 0.2) is 0 Å². The van der Waals surface area contributed by atoms with Gasteiger partial charge in [0.1, 0.15) is 5.60 Å². The predicted octanol–water partition coefficient (Wildman–Crippen LogP) is 2.26. The summed E-state index contributed by atoms with van der Waals surface area (Å²) >= 11 is 0. The Balaban J connectivity index is 2.68. The highest BCUT2D eigenvalue weighted by Crippen LogP contribution is 2.21. The van der Waals surface area contributed by atoms with E-state index in [-0.39, 0.29) is 6.54 Å². The van der Waals surface area contributed by atoms with Gasteiger partial charge in [-0.15, -0.1) is 0 Å². The third kappa shape index (κ3) is 5.35. The molecule has 1 unspecified atom stereocenters. The number of nitro benzene ring substituents is 1. The molecule has 0 fully saturated rings. The molecular formula is C13H18FN3O4. The molecule has 1 aromatic rings. The lowest BCUT2D eigenvalue weighted by molar-refractivity contribution is -0.387. The summed E-state index contributed by atoms with van der Waals surface area (Å²) in [4.78, 5) is 21.3. The first-order chi connectivity index (χ1) is 9.60. The van der Waals surface area contributed by atoms with Gasteiger partial charge in [-0.05, 0) is 32.4 Å². The number of benzene rings is 1. The first kappa shape index (κ1) is 16.8. The normalized spacial score (nSPS) is 12.6. The van der Waals surface area contributed by atoms with Crippen LogP contribution in [0.1, 0.15) is 32.4 Å². The van der Waals surface area contributed by atoms with Crippen LogP contribution in [0.2, 0.25) is 0 Å². The zero-order valence-corrected chi connectivity index (χ0v) is 12.1. The van der Waals surface area contributed by atoms with E-state index < -0.39 is 34.2 Å². The summed E-state index contributed by atoms with van der Waals surface area (Å²) in [5.41, 5.74) is 4.87. The molecule has 0 saturated carbocycles. The van der Waals surface area contributed by atoms with Crippen LogP contribution >= 0.6 is 0 Å². The minimum atomic E-state index is -0.934. The van der Waals surface area contributed by atoms with E-state index in [2.05, 4.69) is 5.32 Å². The van der Waals surface area contributed by atoms with Gasteiger partial charge in [0.25, 0.3) is 0 Å². The number of nitrogens with zero attached hydrogens (tertiary/aromatic N) is 1. The number of carbonyl (C=O) groups is 1. The van der Waals surface area contributed by atoms with Crippen molar-refractivity contribution in [2.75, 3.05) is 6.54 Å². The number of hydrogen-bond donors (Lipinski definition) is 2. The van der Waals surface area contributed by atoms with Crippen LogP contribution in [0.4, 0.5) is 14.9 Å². The number of nitrogens with one attached hydrogen (secondary N) is 1. The fourth-order valence-electron chi connectivity index (χ4n) is 1.53. The number of amides is 1. The minimum Gasteiger partial charge on any atom is -0.444 e. The number of rotatable bonds is 4. The zero-order chi connectivity index (χ0) is 16.2. The number of halogens is 1. The van der Waals surface area contributed by atoms with E-state index in [1.54, 1.807) is 20.8 Å². The monoisotopic (exact) mass is 299 g/mol. The lowest BCUT2D eigenvalue weighted by atomic mass is 10.1. The van der Waals surface area contributed by atoms with Crippen LogP contribution in [0.3, 0.4) is 0 Å². The van der Waals surface area contributed by atoms with Crippen molar-refractivity contribution < 1.29 is 18.8 Å². The molecule has 7 nitrogen and oxygen atoms in total. The summed E-state index contributed by atoms with van der Waals surface area (Å²) in [6.07, 6.45) is -0.644. The van der Waals surface area contributed by atoms with Crippen LogP contribution in [0, 0.1) is 15.9 Å². The Morgan fingerprint density at radius 2 is 2.14 bits per heavy atom. The first-order valence-electron chi connectivity index (χ1n) is 6.26. The molecule has 0 aromatic heterocycles. The van der Waals surface area contributed by atoms with Gasteiger partial charge in [0.05, 0.1) is 4.92 Å². The van der Waals surface area contributed by atoms with Crippen molar-refractivity contribution in [3.63, 3.8) is 0 Å². The average molecular weight is 299 g/mol. The molecule has 1 atom stereocenters. The average Bonchev–Trinajstić information content (AvgIpc) is 2.34. The molecule has 0 spiro atoms. The minimum absolute atomic E-state index is 0.0116. The van der Waals surface area contributed by atoms with Crippen molar-refractivity contribution in [1.29, 1.82) is 0 Å². The molecule has 0 aliphatic rings. The maximum absolute atomic E-state index is 13.2. The molecule has 0 heterocycles. The van der Waals surface area contributed by atoms with Crippen LogP contribution < -0.4 is 11.1 Å². The second kappa shape index (κ2) is 6.49. The topological polar surface area (TPSA) is 107 Å². The standard InChI is InChI=1S/C13H18FN3O4/c1-13(2,3)21-12(18)16-7-10(15)8-4-5-9(14)11(6-8)17(19)20/h4-6,10H,7,15H2,1-3H3,(H,16,18). The number of nitro groups is 1. The van der Waals surface area contributed by atoms with Crippen molar-refractivity contribution in [3.05, 3.63) is 39.7 Å². The lowest BCUT2D eigenvalue weighted by Crippen LogP contribution is -2.36. The Bertz CT molecular complexity index is 543. The Morgan fingerprint density at radius 1 is 1.52 bits per heavy atom. The van der Waals surface area contributed by atoms with Crippen molar-refractivity contribution in [3.8, 4) is 0 Å². The summed E-state index contributed by atoms with van der Waals surface area (Å²) in [5, 5.41) is 13.1. The van der Waals surface area contributed by atoms with Crippen LogP contribution in [0.5, 0.6) is 0 Å². The Kier molecular flexibility index (Phi) is 5.20. The van der Waals surface area contributed by atoms with Gasteiger partial charge in [0.2, 0.25) is 5.82 Å². The molecule has 0 aliphatic heterocycles. The molecule has 0 aliphatic carbocycles. The smallest absolute Gasteiger partial charge is 0.407 e. The molecule has 8 heteroatoms. The molecule has 0 radical (unpaired) electrons. The van der Waals surface area contributed by atoms with E-state index in [4.69, 9.17) is 10.5 Å². The van der Waals surface area contributed by atoms with E-state index in [1.807, 2.05) is 0 Å². The fourth-order valence-corrected chi connectivity index (χ4v) is 1.53. The summed E-state index contributed by atoms with van der Waals surface area (Å²) in [6.45, 7) is 5.17. The lowest BCUT2D eigenvalue weighted by Gasteiger charge is -2.20. The van der Waals surface area contributed by atoms with Gasteiger partial charge in [-0.3, -0.25) is 10.1 Å². The number of hydrogen-bond acceptors (Lipinski definition) is 5. The molecule has 3 N–H and O–H groups in total. The van der Waals surface area contributed by atoms with Gasteiger partial charge < -0.3 is 15.8 Å². The largest absolute Gasteiger partial charge is 0.444 e. The maximum Gasteiger partial charge on any atom is 0.407 e. The molecule has 21 heavy (non-hydrogen) atoms. The van der Waals surface area contributed by atoms with E-state index >= 15 is 0 Å². The predicted molar refractivity (Wildman–Crippen MR) is 74.2 cm³/mol. The highest BCUT2D eigenvalue weighted by molar-refractivity contribution is 5.67. The Labute approximate surface area is 121 Å². The van der Waals surface area contributed by atoms with Crippen LogP contribution in [-0.4, -0.2) is 23.2 Å². The van der Waals surface area contributed by atoms with Crippen LogP contribution in [0.25, 0.3) is 0 Å². The number of ether oxygens (including phenoxy) is 1. The van der Waals surface area contributed by atoms with Gasteiger partial charge in [0, 0.05) is 18.7 Å². The zero-order valence-electron chi connectivity index (χ0n) is 12.1. The third-order valence-corrected chi connectivity index (χ3v) is 2.46. The summed E-state index contributed by atoms with van der Waals surface area (Å²) in [7, 11) is 0. The van der Waals surface area contributed by atoms with Crippen molar-refractivity contribution in [2.45, 2.75) is 32.4 Å². The van der Waals surface area contributed by atoms with Crippen LogP contribution in [0.15, 0.2) is 18.2 Å². The van der Waals surface area contributed by atoms with Gasteiger partial charge >= 0.3 is 11.8 Å². The van der Waals surface area contributed by atoms with Gasteiger partial charge in [-0.25, -0.2) is 4.79 Å². The molecular weight excluding hydrogens is 281 g/mol. The first-order valence-corrected chi connectivity index (χ1v) is 6.26. The number of carbonyl (C=O) groups excluding carboxylic acids is 1. The number of nitrogens with two attached hydrogens (primary N) is 1. The summed E-state index contributed by atoms with van der Waals surface area (Å²) < 4.78 is 18.2. The second-order valence-corrected chi connectivity index (χ2v) is 5.46. The molecule has 1 aromatic carbocycles. The van der Waals surface area contributed by atoms with E-state index in [0.29, 0.717) is 5.56 Å². The molecule has 1 amide bonds. The molecule has 1 rings (SSSR count). The molecule has 0 saturated heterocycles. The Morgan fingerprint density at radius 3 is 2.67 bits per heavy atom. The van der Waals surface area contributed by atoms with E-state index in [1.165, 1.54) is 6.07 Å². The SMILES string of the molecule is CC(C)(C)OC(=O)NCC(N)c1ccc(F)c([N+](=O)[O-])c1. The molecule has 0 bridgehead atoms. The van der Waals surface area contributed by atoms with Crippen molar-refractivity contribution in [1.82, 2.24) is 5.32 Å². The van der Waals surface area contributed by atoms with Crippen LogP contribution in [-0.2, 0) is 4.74 Å². The highest BCUT2D eigenvalue weighted by Gasteiger charge is 2.19. The second-order valence-electron chi connectivity index (χ2n) is 5.46. The molecule has 116 valence electrons. The fraction of sp³-hybridized carbons (Fsp3) is 0.462. The van der Waals surface area contributed by atoms with E-state index in [9.17, 15) is 19.3 Å². The van der Waals surface area contributed by atoms with E-state index in [0.717, 1.165) is 12.1 Å². The van der Waals surface area contributed by atoms with Gasteiger partial charge in [-0.2, -0.15) is 4.39 Å². The Hall–Kier alpha value is -2.22. The van der Waals surface area contributed by atoms with Crippen molar-refractivity contribution >= 4 is 11.8 Å². The quantitative estimate of drug-likeness (QED) is 0.655. The third-order valence-electron chi connectivity index (χ3n) is 2.46. The maximum atomic E-state index is 13.2. The van der Waals surface area contributed by atoms with Crippen molar-refractivity contribution in [2.24, 2.45) is 5.73 Å².